The summed E-state index contributed by atoms with van der Waals surface area (Å²) >= 11 is 0. The van der Waals surface area contributed by atoms with E-state index in [9.17, 15) is 0 Å². The SMILES string of the molecule is C=CC(=C)/C(C=C)=C/N(C)CC(CC)CCCCC. The van der Waals surface area contributed by atoms with Crippen LogP contribution in [0.5, 0.6) is 0 Å². The van der Waals surface area contributed by atoms with Gasteiger partial charge in [-0.15, -0.1) is 0 Å². The zero-order valence-electron chi connectivity index (χ0n) is 13.1. The largest absolute Gasteiger partial charge is 0.380 e. The highest BCUT2D eigenvalue weighted by molar-refractivity contribution is 5.42. The predicted octanol–water partition coefficient (Wildman–Crippen LogP) is 5.34. The second kappa shape index (κ2) is 10.7. The van der Waals surface area contributed by atoms with Gasteiger partial charge in [-0.25, -0.2) is 0 Å². The number of nitrogens with zero attached hydrogens (tertiary/aromatic N) is 1. The molecule has 1 nitrogen and oxygen atoms in total. The van der Waals surface area contributed by atoms with Gasteiger partial charge in [0.05, 0.1) is 0 Å². The summed E-state index contributed by atoms with van der Waals surface area (Å²) in [7, 11) is 2.13. The summed E-state index contributed by atoms with van der Waals surface area (Å²) in [5, 5.41) is 0. The summed E-state index contributed by atoms with van der Waals surface area (Å²) in [6.07, 6.45) is 12.3. The molecule has 0 N–H and O–H groups in total. The van der Waals surface area contributed by atoms with E-state index in [-0.39, 0.29) is 0 Å². The Hall–Kier alpha value is -1.24. The molecule has 1 atom stereocenters. The lowest BCUT2D eigenvalue weighted by Crippen LogP contribution is -2.21. The van der Waals surface area contributed by atoms with Crippen molar-refractivity contribution >= 4 is 0 Å². The molecule has 0 aromatic heterocycles. The Morgan fingerprint density at radius 1 is 1.16 bits per heavy atom. The van der Waals surface area contributed by atoms with Crippen LogP contribution in [-0.2, 0) is 0 Å². The molecule has 0 aromatic rings. The maximum absolute atomic E-state index is 3.97. The van der Waals surface area contributed by atoms with Gasteiger partial charge in [-0.05, 0) is 23.5 Å². The molecule has 0 radical (unpaired) electrons. The van der Waals surface area contributed by atoms with E-state index >= 15 is 0 Å². The Bertz CT molecular complexity index is 312. The molecule has 0 spiro atoms. The Kier molecular flexibility index (Phi) is 9.97. The first-order valence-electron chi connectivity index (χ1n) is 7.45. The van der Waals surface area contributed by atoms with Gasteiger partial charge in [0.25, 0.3) is 0 Å². The second-order valence-corrected chi connectivity index (χ2v) is 5.23. The second-order valence-electron chi connectivity index (χ2n) is 5.23. The fourth-order valence-corrected chi connectivity index (χ4v) is 2.19. The molecule has 0 fully saturated rings. The molecule has 1 unspecified atom stereocenters. The van der Waals surface area contributed by atoms with Crippen LogP contribution >= 0.6 is 0 Å². The quantitative estimate of drug-likeness (QED) is 0.358. The third-order valence-corrected chi connectivity index (χ3v) is 3.54. The molecule has 1 heteroatoms. The van der Waals surface area contributed by atoms with E-state index in [2.05, 4.69) is 51.7 Å². The van der Waals surface area contributed by atoms with Crippen LogP contribution in [0.15, 0.2) is 49.2 Å². The van der Waals surface area contributed by atoms with Crippen molar-refractivity contribution in [3.8, 4) is 0 Å². The Balaban J connectivity index is 4.42. The normalized spacial score (nSPS) is 12.9. The van der Waals surface area contributed by atoms with Gasteiger partial charge >= 0.3 is 0 Å². The van der Waals surface area contributed by atoms with Crippen LogP contribution in [0.4, 0.5) is 0 Å². The van der Waals surface area contributed by atoms with Crippen LogP contribution in [0.1, 0.15) is 46.0 Å². The summed E-state index contributed by atoms with van der Waals surface area (Å²) in [5.41, 5.74) is 1.99. The van der Waals surface area contributed by atoms with Crippen molar-refractivity contribution in [2.75, 3.05) is 13.6 Å². The standard InChI is InChI=1S/C18H31N/c1-7-11-12-13-17(9-3)14-19(6)15-18(10-4)16(5)8-2/h8,10,15,17H,2,4-5,7,9,11-14H2,1,3,6H3/b18-15+. The number of hydrogen-bond acceptors (Lipinski definition) is 1. The van der Waals surface area contributed by atoms with Gasteiger partial charge in [-0.1, -0.05) is 71.4 Å². The molecule has 0 saturated heterocycles. The summed E-state index contributed by atoms with van der Waals surface area (Å²) in [6, 6.07) is 0. The van der Waals surface area contributed by atoms with Gasteiger partial charge in [0.1, 0.15) is 0 Å². The summed E-state index contributed by atoms with van der Waals surface area (Å²) in [6.45, 7) is 17.2. The molecule has 0 aliphatic carbocycles. The first-order valence-corrected chi connectivity index (χ1v) is 7.45. The lowest BCUT2D eigenvalue weighted by molar-refractivity contribution is 0.323. The minimum atomic E-state index is 0.774. The molecule has 0 amide bonds. The number of rotatable bonds is 11. The average molecular weight is 261 g/mol. The number of allylic oxidation sites excluding steroid dienone is 4. The van der Waals surface area contributed by atoms with E-state index in [1.807, 2.05) is 6.08 Å². The van der Waals surface area contributed by atoms with Crippen LogP contribution in [0.25, 0.3) is 0 Å². The van der Waals surface area contributed by atoms with Gasteiger partial charge in [-0.3, -0.25) is 0 Å². The number of hydrogen-bond donors (Lipinski definition) is 0. The minimum Gasteiger partial charge on any atom is -0.380 e. The summed E-state index contributed by atoms with van der Waals surface area (Å²) in [4.78, 5) is 2.26. The van der Waals surface area contributed by atoms with E-state index in [1.54, 1.807) is 6.08 Å². The van der Waals surface area contributed by atoms with Crippen molar-refractivity contribution in [1.82, 2.24) is 4.90 Å². The molecule has 0 rings (SSSR count). The van der Waals surface area contributed by atoms with Crippen molar-refractivity contribution in [2.24, 2.45) is 5.92 Å². The van der Waals surface area contributed by atoms with Crippen molar-refractivity contribution in [3.63, 3.8) is 0 Å². The van der Waals surface area contributed by atoms with E-state index in [1.165, 1.54) is 32.1 Å². The third kappa shape index (κ3) is 7.71. The summed E-state index contributed by atoms with van der Waals surface area (Å²) in [5.74, 6) is 0.774. The fraction of sp³-hybridized carbons (Fsp3) is 0.556. The lowest BCUT2D eigenvalue weighted by Gasteiger charge is -2.23. The van der Waals surface area contributed by atoms with Crippen molar-refractivity contribution in [1.29, 1.82) is 0 Å². The fourth-order valence-electron chi connectivity index (χ4n) is 2.19. The third-order valence-electron chi connectivity index (χ3n) is 3.54. The molecule has 0 aliphatic rings. The van der Waals surface area contributed by atoms with Gasteiger partial charge in [0.15, 0.2) is 0 Å². The van der Waals surface area contributed by atoms with Crippen LogP contribution in [0.3, 0.4) is 0 Å². The zero-order valence-corrected chi connectivity index (χ0v) is 13.1. The van der Waals surface area contributed by atoms with Gasteiger partial charge < -0.3 is 4.90 Å². The highest BCUT2D eigenvalue weighted by Crippen LogP contribution is 2.16. The molecule has 0 aliphatic heterocycles. The van der Waals surface area contributed by atoms with Crippen molar-refractivity contribution in [2.45, 2.75) is 46.0 Å². The van der Waals surface area contributed by atoms with Crippen molar-refractivity contribution in [3.05, 3.63) is 49.2 Å². The maximum Gasteiger partial charge on any atom is 0.0197 e. The molecular weight excluding hydrogens is 230 g/mol. The molecule has 0 saturated carbocycles. The Labute approximate surface area is 120 Å². The maximum atomic E-state index is 3.97. The molecule has 0 bridgehead atoms. The lowest BCUT2D eigenvalue weighted by atomic mass is 9.98. The van der Waals surface area contributed by atoms with Crippen molar-refractivity contribution < 1.29 is 0 Å². The monoisotopic (exact) mass is 261 g/mol. The predicted molar refractivity (Wildman–Crippen MR) is 88.2 cm³/mol. The van der Waals surface area contributed by atoms with Crippen LogP contribution in [0, 0.1) is 5.92 Å². The zero-order chi connectivity index (χ0) is 14.7. The molecule has 108 valence electrons. The highest BCUT2D eigenvalue weighted by atomic mass is 15.1. The molecule has 0 aromatic carbocycles. The smallest absolute Gasteiger partial charge is 0.0197 e. The van der Waals surface area contributed by atoms with Gasteiger partial charge in [0.2, 0.25) is 0 Å². The molecule has 19 heavy (non-hydrogen) atoms. The first kappa shape index (κ1) is 17.8. The minimum absolute atomic E-state index is 0.774. The van der Waals surface area contributed by atoms with Crippen LogP contribution in [0.2, 0.25) is 0 Å². The summed E-state index contributed by atoms with van der Waals surface area (Å²) < 4.78 is 0. The van der Waals surface area contributed by atoms with Crippen LogP contribution in [-0.4, -0.2) is 18.5 Å². The number of unbranched alkanes of at least 4 members (excludes halogenated alkanes) is 2. The first-order chi connectivity index (χ1) is 9.08. The van der Waals surface area contributed by atoms with E-state index < -0.39 is 0 Å². The molecular formula is C18H31N. The highest BCUT2D eigenvalue weighted by Gasteiger charge is 2.08. The van der Waals surface area contributed by atoms with E-state index in [0.717, 1.165) is 23.6 Å². The Morgan fingerprint density at radius 2 is 1.84 bits per heavy atom. The van der Waals surface area contributed by atoms with Gasteiger partial charge in [-0.2, -0.15) is 0 Å². The molecule has 0 heterocycles. The topological polar surface area (TPSA) is 3.24 Å². The van der Waals surface area contributed by atoms with E-state index in [4.69, 9.17) is 0 Å². The van der Waals surface area contributed by atoms with E-state index in [0.29, 0.717) is 0 Å². The van der Waals surface area contributed by atoms with Crippen LogP contribution < -0.4 is 0 Å². The van der Waals surface area contributed by atoms with Gasteiger partial charge in [0, 0.05) is 19.8 Å². The Morgan fingerprint density at radius 3 is 2.32 bits per heavy atom. The average Bonchev–Trinajstić information content (AvgIpc) is 2.42.